The summed E-state index contributed by atoms with van der Waals surface area (Å²) in [5, 5.41) is 4.12. The van der Waals surface area contributed by atoms with Crippen molar-refractivity contribution in [1.29, 1.82) is 0 Å². The van der Waals surface area contributed by atoms with Crippen LogP contribution >= 0.6 is 22.6 Å². The lowest BCUT2D eigenvalue weighted by Gasteiger charge is -2.00. The minimum atomic E-state index is 0.759. The molecule has 0 saturated heterocycles. The fraction of sp³-hybridized carbons (Fsp3) is 0.571. The van der Waals surface area contributed by atoms with Crippen LogP contribution in [-0.2, 0) is 18.2 Å². The molecule has 11 heavy (non-hydrogen) atoms. The van der Waals surface area contributed by atoms with Crippen LogP contribution < -0.4 is 0 Å². The lowest BCUT2D eigenvalue weighted by atomic mass is 10.3. The Labute approximate surface area is 79.9 Å². The number of hydrogen-bond acceptors (Lipinski definition) is 2. The lowest BCUT2D eigenvalue weighted by molar-refractivity contribution is 0.200. The molecule has 0 bridgehead atoms. The van der Waals surface area contributed by atoms with Crippen LogP contribution in [0.3, 0.4) is 0 Å². The highest BCUT2D eigenvalue weighted by molar-refractivity contribution is 14.1. The first kappa shape index (κ1) is 8.99. The first-order valence-electron chi connectivity index (χ1n) is 3.41. The second-order valence-electron chi connectivity index (χ2n) is 2.31. The largest absolute Gasteiger partial charge is 0.384 e. The van der Waals surface area contributed by atoms with Gasteiger partial charge in [-0.3, -0.25) is 4.68 Å². The maximum atomic E-state index is 4.98. The minimum absolute atomic E-state index is 0.759. The predicted molar refractivity (Wildman–Crippen MR) is 51.5 cm³/mol. The van der Waals surface area contributed by atoms with E-state index in [0.717, 1.165) is 13.0 Å². The molecule has 0 aliphatic heterocycles. The van der Waals surface area contributed by atoms with Crippen LogP contribution in [0.25, 0.3) is 0 Å². The van der Waals surface area contributed by atoms with Crippen molar-refractivity contribution in [3.63, 3.8) is 0 Å². The van der Waals surface area contributed by atoms with Crippen molar-refractivity contribution in [3.05, 3.63) is 15.5 Å². The summed E-state index contributed by atoms with van der Waals surface area (Å²) in [6.45, 7) is 0.759. The molecule has 0 saturated carbocycles. The Morgan fingerprint density at radius 2 is 2.45 bits per heavy atom. The van der Waals surface area contributed by atoms with E-state index in [1.807, 2.05) is 17.9 Å². The number of halogens is 1. The summed E-state index contributed by atoms with van der Waals surface area (Å²) in [7, 11) is 3.66. The van der Waals surface area contributed by atoms with E-state index in [4.69, 9.17) is 4.74 Å². The van der Waals surface area contributed by atoms with Crippen LogP contribution in [0.4, 0.5) is 0 Å². The molecule has 0 N–H and O–H groups in total. The van der Waals surface area contributed by atoms with Crippen LogP contribution in [0, 0.1) is 3.57 Å². The molecule has 62 valence electrons. The fourth-order valence-electron chi connectivity index (χ4n) is 0.916. The number of rotatable bonds is 3. The molecule has 1 aromatic heterocycles. The monoisotopic (exact) mass is 266 g/mol. The highest BCUT2D eigenvalue weighted by atomic mass is 127. The second kappa shape index (κ2) is 4.06. The summed E-state index contributed by atoms with van der Waals surface area (Å²) in [6.07, 6.45) is 2.80. The SMILES string of the molecule is COCCc1c(I)cnn1C. The Balaban J connectivity index is 2.67. The Hall–Kier alpha value is -0.100. The average Bonchev–Trinajstić information content (AvgIpc) is 2.29. The Morgan fingerprint density at radius 3 is 2.91 bits per heavy atom. The molecule has 1 rings (SSSR count). The van der Waals surface area contributed by atoms with Gasteiger partial charge in [-0.25, -0.2) is 0 Å². The van der Waals surface area contributed by atoms with Gasteiger partial charge in [0.2, 0.25) is 0 Å². The van der Waals surface area contributed by atoms with Crippen molar-refractivity contribution in [2.75, 3.05) is 13.7 Å². The quantitative estimate of drug-likeness (QED) is 0.769. The molecule has 3 nitrogen and oxygen atoms in total. The van der Waals surface area contributed by atoms with E-state index >= 15 is 0 Å². The lowest BCUT2D eigenvalue weighted by Crippen LogP contribution is -2.03. The summed E-state index contributed by atoms with van der Waals surface area (Å²) in [5.41, 5.74) is 1.24. The van der Waals surface area contributed by atoms with Gasteiger partial charge < -0.3 is 4.74 Å². The van der Waals surface area contributed by atoms with Crippen LogP contribution in [-0.4, -0.2) is 23.5 Å². The fourth-order valence-corrected chi connectivity index (χ4v) is 1.66. The number of aromatic nitrogens is 2. The standard InChI is InChI=1S/C7H11IN2O/c1-10-7(3-4-11-2)6(8)5-9-10/h5H,3-4H2,1-2H3. The predicted octanol–water partition coefficient (Wildman–Crippen LogP) is 1.21. The second-order valence-corrected chi connectivity index (χ2v) is 3.47. The molecule has 1 aromatic rings. The van der Waals surface area contributed by atoms with E-state index in [0.29, 0.717) is 0 Å². The first-order chi connectivity index (χ1) is 5.25. The summed E-state index contributed by atoms with van der Waals surface area (Å²) in [6, 6.07) is 0. The molecule has 0 fully saturated rings. The molecular formula is C7H11IN2O. The zero-order chi connectivity index (χ0) is 8.27. The average molecular weight is 266 g/mol. The Morgan fingerprint density at radius 1 is 1.73 bits per heavy atom. The topological polar surface area (TPSA) is 27.1 Å². The van der Waals surface area contributed by atoms with Crippen LogP contribution in [0.1, 0.15) is 5.69 Å². The number of nitrogens with zero attached hydrogens (tertiary/aromatic N) is 2. The van der Waals surface area contributed by atoms with Gasteiger partial charge in [-0.15, -0.1) is 0 Å². The van der Waals surface area contributed by atoms with Gasteiger partial charge in [-0.05, 0) is 22.6 Å². The highest BCUT2D eigenvalue weighted by Crippen LogP contribution is 2.10. The molecule has 0 atom stereocenters. The van der Waals surface area contributed by atoms with Crippen molar-refractivity contribution >= 4 is 22.6 Å². The summed E-state index contributed by atoms with van der Waals surface area (Å²) in [5.74, 6) is 0. The summed E-state index contributed by atoms with van der Waals surface area (Å²) in [4.78, 5) is 0. The maximum Gasteiger partial charge on any atom is 0.0626 e. The molecule has 0 aromatic carbocycles. The molecule has 0 spiro atoms. The number of methoxy groups -OCH3 is 1. The van der Waals surface area contributed by atoms with E-state index in [2.05, 4.69) is 27.7 Å². The van der Waals surface area contributed by atoms with Gasteiger partial charge in [-0.1, -0.05) is 0 Å². The maximum absolute atomic E-state index is 4.98. The number of aryl methyl sites for hydroxylation is 1. The molecule has 0 unspecified atom stereocenters. The molecule has 0 aliphatic rings. The van der Waals surface area contributed by atoms with Crippen molar-refractivity contribution in [2.24, 2.45) is 7.05 Å². The highest BCUT2D eigenvalue weighted by Gasteiger charge is 2.03. The molecule has 0 radical (unpaired) electrons. The van der Waals surface area contributed by atoms with Crippen LogP contribution in [0.5, 0.6) is 0 Å². The molecule has 1 heterocycles. The zero-order valence-corrected chi connectivity index (χ0v) is 8.83. The Bertz CT molecular complexity index is 215. The van der Waals surface area contributed by atoms with Crippen molar-refractivity contribution in [3.8, 4) is 0 Å². The van der Waals surface area contributed by atoms with Crippen molar-refractivity contribution in [1.82, 2.24) is 9.78 Å². The molecular weight excluding hydrogens is 255 g/mol. The number of ether oxygens (including phenoxy) is 1. The van der Waals surface area contributed by atoms with E-state index in [9.17, 15) is 0 Å². The van der Waals surface area contributed by atoms with Gasteiger partial charge in [0.1, 0.15) is 0 Å². The third kappa shape index (κ3) is 2.16. The van der Waals surface area contributed by atoms with Crippen molar-refractivity contribution in [2.45, 2.75) is 6.42 Å². The van der Waals surface area contributed by atoms with E-state index in [-0.39, 0.29) is 0 Å². The van der Waals surface area contributed by atoms with E-state index in [1.54, 1.807) is 7.11 Å². The van der Waals surface area contributed by atoms with E-state index in [1.165, 1.54) is 9.26 Å². The van der Waals surface area contributed by atoms with Gasteiger partial charge in [0, 0.05) is 20.6 Å². The van der Waals surface area contributed by atoms with Gasteiger partial charge in [0.05, 0.1) is 22.1 Å². The minimum Gasteiger partial charge on any atom is -0.384 e. The zero-order valence-electron chi connectivity index (χ0n) is 6.67. The molecule has 0 aliphatic carbocycles. The van der Waals surface area contributed by atoms with Gasteiger partial charge >= 0.3 is 0 Å². The smallest absolute Gasteiger partial charge is 0.0626 e. The molecule has 0 amide bonds. The summed E-state index contributed by atoms with van der Waals surface area (Å²) >= 11 is 2.28. The van der Waals surface area contributed by atoms with Gasteiger partial charge in [0.15, 0.2) is 0 Å². The van der Waals surface area contributed by atoms with Crippen LogP contribution in [0.15, 0.2) is 6.20 Å². The van der Waals surface area contributed by atoms with Gasteiger partial charge in [0.25, 0.3) is 0 Å². The Kier molecular flexibility index (Phi) is 3.32. The summed E-state index contributed by atoms with van der Waals surface area (Å²) < 4.78 is 8.08. The van der Waals surface area contributed by atoms with Crippen molar-refractivity contribution < 1.29 is 4.74 Å². The van der Waals surface area contributed by atoms with E-state index < -0.39 is 0 Å². The normalized spacial score (nSPS) is 10.5. The third-order valence-electron chi connectivity index (χ3n) is 1.55. The first-order valence-corrected chi connectivity index (χ1v) is 4.49. The number of hydrogen-bond donors (Lipinski definition) is 0. The van der Waals surface area contributed by atoms with Gasteiger partial charge in [-0.2, -0.15) is 5.10 Å². The molecule has 4 heteroatoms. The third-order valence-corrected chi connectivity index (χ3v) is 2.45. The van der Waals surface area contributed by atoms with Crippen LogP contribution in [0.2, 0.25) is 0 Å².